The van der Waals surface area contributed by atoms with Crippen molar-refractivity contribution < 1.29 is 14.3 Å². The summed E-state index contributed by atoms with van der Waals surface area (Å²) in [6.45, 7) is 4.47. The minimum atomic E-state index is -0.146. The average Bonchev–Trinajstić information content (AvgIpc) is 2.46. The predicted octanol–water partition coefficient (Wildman–Crippen LogP) is 2.16. The van der Waals surface area contributed by atoms with Crippen molar-refractivity contribution in [2.24, 2.45) is 5.92 Å². The number of methoxy groups -OCH3 is 2. The van der Waals surface area contributed by atoms with Gasteiger partial charge in [-0.15, -0.1) is 12.4 Å². The van der Waals surface area contributed by atoms with Gasteiger partial charge in [-0.25, -0.2) is 0 Å². The zero-order valence-electron chi connectivity index (χ0n) is 13.2. The number of rotatable bonds is 7. The highest BCUT2D eigenvalue weighted by atomic mass is 35.5. The van der Waals surface area contributed by atoms with Crippen molar-refractivity contribution in [3.8, 4) is 11.5 Å². The standard InChI is InChI=1S/C15H24N2O3.ClH/c1-10(9-16-3)15(18)17-11(2)13-8-12(19-4)6-7-14(13)20-5;/h6-8,10-11,16H,9H2,1-5H3,(H,17,18);1H. The van der Waals surface area contributed by atoms with Gasteiger partial charge in [-0.2, -0.15) is 0 Å². The third kappa shape index (κ3) is 5.44. The van der Waals surface area contributed by atoms with Crippen LogP contribution in [0.3, 0.4) is 0 Å². The maximum absolute atomic E-state index is 12.0. The first-order chi connectivity index (χ1) is 9.53. The smallest absolute Gasteiger partial charge is 0.224 e. The Bertz CT molecular complexity index is 455. The molecule has 2 unspecified atom stereocenters. The maximum Gasteiger partial charge on any atom is 0.224 e. The Balaban J connectivity index is 0.00000400. The monoisotopic (exact) mass is 316 g/mol. The zero-order chi connectivity index (χ0) is 15.1. The summed E-state index contributed by atoms with van der Waals surface area (Å²) in [5.41, 5.74) is 0.900. The summed E-state index contributed by atoms with van der Waals surface area (Å²) in [7, 11) is 5.06. The van der Waals surface area contributed by atoms with Crippen LogP contribution in [0, 0.1) is 5.92 Å². The summed E-state index contributed by atoms with van der Waals surface area (Å²) in [5.74, 6) is 1.40. The number of nitrogens with one attached hydrogen (secondary N) is 2. The summed E-state index contributed by atoms with van der Waals surface area (Å²) < 4.78 is 10.6. The Morgan fingerprint density at radius 3 is 2.43 bits per heavy atom. The van der Waals surface area contributed by atoms with Gasteiger partial charge < -0.3 is 20.1 Å². The number of hydrogen-bond donors (Lipinski definition) is 2. The molecule has 120 valence electrons. The number of carbonyl (C=O) groups is 1. The topological polar surface area (TPSA) is 59.6 Å². The first-order valence-corrected chi connectivity index (χ1v) is 6.70. The van der Waals surface area contributed by atoms with E-state index in [-0.39, 0.29) is 30.3 Å². The van der Waals surface area contributed by atoms with Crippen LogP contribution in [0.1, 0.15) is 25.5 Å². The van der Waals surface area contributed by atoms with Gasteiger partial charge in [0.05, 0.1) is 20.3 Å². The fourth-order valence-electron chi connectivity index (χ4n) is 2.01. The largest absolute Gasteiger partial charge is 0.497 e. The summed E-state index contributed by atoms with van der Waals surface area (Å²) in [6, 6.07) is 5.41. The second-order valence-corrected chi connectivity index (χ2v) is 4.80. The van der Waals surface area contributed by atoms with Gasteiger partial charge in [-0.1, -0.05) is 6.92 Å². The third-order valence-corrected chi connectivity index (χ3v) is 3.22. The van der Waals surface area contributed by atoms with Crippen molar-refractivity contribution in [1.82, 2.24) is 10.6 Å². The van der Waals surface area contributed by atoms with Crippen LogP contribution in [0.5, 0.6) is 11.5 Å². The lowest BCUT2D eigenvalue weighted by Crippen LogP contribution is -2.35. The van der Waals surface area contributed by atoms with Crippen molar-refractivity contribution in [3.05, 3.63) is 23.8 Å². The number of ether oxygens (including phenoxy) is 2. The van der Waals surface area contributed by atoms with Crippen molar-refractivity contribution in [2.75, 3.05) is 27.8 Å². The fraction of sp³-hybridized carbons (Fsp3) is 0.533. The Morgan fingerprint density at radius 1 is 1.24 bits per heavy atom. The van der Waals surface area contributed by atoms with E-state index in [0.717, 1.165) is 17.1 Å². The molecule has 0 bridgehead atoms. The molecule has 0 heterocycles. The van der Waals surface area contributed by atoms with Gasteiger partial charge in [0.1, 0.15) is 11.5 Å². The molecule has 0 aliphatic heterocycles. The second-order valence-electron chi connectivity index (χ2n) is 4.80. The quantitative estimate of drug-likeness (QED) is 0.809. The molecule has 0 saturated heterocycles. The molecule has 0 radical (unpaired) electrons. The number of halogens is 1. The first kappa shape index (κ1) is 19.5. The lowest BCUT2D eigenvalue weighted by Gasteiger charge is -2.20. The minimum absolute atomic E-state index is 0. The van der Waals surface area contributed by atoms with E-state index in [1.165, 1.54) is 0 Å². The van der Waals surface area contributed by atoms with Crippen LogP contribution in [0.4, 0.5) is 0 Å². The summed E-state index contributed by atoms with van der Waals surface area (Å²) in [6.07, 6.45) is 0. The molecule has 1 rings (SSSR count). The van der Waals surface area contributed by atoms with Crippen molar-refractivity contribution in [1.29, 1.82) is 0 Å². The SMILES string of the molecule is CNCC(C)C(=O)NC(C)c1cc(OC)ccc1OC.Cl. The summed E-state index contributed by atoms with van der Waals surface area (Å²) in [4.78, 5) is 12.0. The predicted molar refractivity (Wildman–Crippen MR) is 86.4 cm³/mol. The number of amides is 1. The molecule has 5 nitrogen and oxygen atoms in total. The van der Waals surface area contributed by atoms with Crippen LogP contribution in [-0.4, -0.2) is 33.7 Å². The second kappa shape index (κ2) is 9.47. The van der Waals surface area contributed by atoms with Crippen molar-refractivity contribution >= 4 is 18.3 Å². The third-order valence-electron chi connectivity index (χ3n) is 3.22. The molecular formula is C15H25ClN2O3. The van der Waals surface area contributed by atoms with E-state index in [1.807, 2.05) is 39.1 Å². The molecule has 6 heteroatoms. The van der Waals surface area contributed by atoms with Gasteiger partial charge >= 0.3 is 0 Å². The summed E-state index contributed by atoms with van der Waals surface area (Å²) in [5, 5.41) is 5.99. The highest BCUT2D eigenvalue weighted by Crippen LogP contribution is 2.29. The molecule has 0 fully saturated rings. The number of carbonyl (C=O) groups excluding carboxylic acids is 1. The van der Waals surface area contributed by atoms with E-state index in [0.29, 0.717) is 6.54 Å². The first-order valence-electron chi connectivity index (χ1n) is 6.70. The number of benzene rings is 1. The fourth-order valence-corrected chi connectivity index (χ4v) is 2.01. The van der Waals surface area contributed by atoms with Gasteiger partial charge in [-0.3, -0.25) is 4.79 Å². The lowest BCUT2D eigenvalue weighted by atomic mass is 10.0. The van der Waals surface area contributed by atoms with Gasteiger partial charge in [-0.05, 0) is 32.2 Å². The molecule has 1 amide bonds. The molecule has 0 aliphatic carbocycles. The van der Waals surface area contributed by atoms with E-state index in [4.69, 9.17) is 9.47 Å². The van der Waals surface area contributed by atoms with Crippen LogP contribution < -0.4 is 20.1 Å². The Hall–Kier alpha value is -1.46. The zero-order valence-corrected chi connectivity index (χ0v) is 14.0. The van der Waals surface area contributed by atoms with Crippen molar-refractivity contribution in [3.63, 3.8) is 0 Å². The molecule has 0 aliphatic rings. The van der Waals surface area contributed by atoms with E-state index in [2.05, 4.69) is 10.6 Å². The molecule has 0 spiro atoms. The van der Waals surface area contributed by atoms with E-state index >= 15 is 0 Å². The molecule has 1 aromatic rings. The average molecular weight is 317 g/mol. The normalized spacial score (nSPS) is 12.8. The van der Waals surface area contributed by atoms with Gasteiger partial charge in [0.25, 0.3) is 0 Å². The van der Waals surface area contributed by atoms with Crippen LogP contribution in [0.25, 0.3) is 0 Å². The molecule has 2 N–H and O–H groups in total. The van der Waals surface area contributed by atoms with E-state index in [1.54, 1.807) is 14.2 Å². The molecule has 1 aromatic carbocycles. The molecular weight excluding hydrogens is 292 g/mol. The van der Waals surface area contributed by atoms with Crippen LogP contribution in [-0.2, 0) is 4.79 Å². The molecule has 21 heavy (non-hydrogen) atoms. The molecule has 0 aromatic heterocycles. The van der Waals surface area contributed by atoms with Gasteiger partial charge in [0.2, 0.25) is 5.91 Å². The maximum atomic E-state index is 12.0. The van der Waals surface area contributed by atoms with Crippen LogP contribution in [0.15, 0.2) is 18.2 Å². The highest BCUT2D eigenvalue weighted by molar-refractivity contribution is 5.85. The van der Waals surface area contributed by atoms with E-state index < -0.39 is 0 Å². The molecule has 0 saturated carbocycles. The lowest BCUT2D eigenvalue weighted by molar-refractivity contribution is -0.125. The van der Waals surface area contributed by atoms with Gasteiger partial charge in [0, 0.05) is 18.0 Å². The van der Waals surface area contributed by atoms with Crippen LogP contribution >= 0.6 is 12.4 Å². The van der Waals surface area contributed by atoms with Gasteiger partial charge in [0.15, 0.2) is 0 Å². The summed E-state index contributed by atoms with van der Waals surface area (Å²) >= 11 is 0. The molecule has 2 atom stereocenters. The van der Waals surface area contributed by atoms with Crippen molar-refractivity contribution in [2.45, 2.75) is 19.9 Å². The minimum Gasteiger partial charge on any atom is -0.497 e. The highest BCUT2D eigenvalue weighted by Gasteiger charge is 2.18. The van der Waals surface area contributed by atoms with E-state index in [9.17, 15) is 4.79 Å². The Morgan fingerprint density at radius 2 is 1.90 bits per heavy atom. The Kier molecular flexibility index (Phi) is 8.81. The number of hydrogen-bond acceptors (Lipinski definition) is 4. The Labute approximate surface area is 132 Å². The van der Waals surface area contributed by atoms with Crippen LogP contribution in [0.2, 0.25) is 0 Å².